The number of hydrogen-bond acceptors (Lipinski definition) is 9. The number of fused-ring (bicyclic) bond motifs is 3. The highest BCUT2D eigenvalue weighted by molar-refractivity contribution is 7.24. The van der Waals surface area contributed by atoms with Crippen LogP contribution in [0.3, 0.4) is 0 Å². The number of esters is 1. The third-order valence-electron chi connectivity index (χ3n) is 12.8. The summed E-state index contributed by atoms with van der Waals surface area (Å²) >= 11 is 3.56. The number of nitriles is 3. The number of allylic oxidation sites excluding steroid dienone is 2. The van der Waals surface area contributed by atoms with Crippen molar-refractivity contribution in [1.82, 2.24) is 0 Å². The topological polar surface area (TPSA) is 110 Å². The molecule has 0 atom stereocenters. The zero-order valence-electron chi connectivity index (χ0n) is 38.8. The maximum atomic E-state index is 11.6. The number of thiophene rings is 2. The van der Waals surface area contributed by atoms with E-state index in [2.05, 4.69) is 116 Å². The minimum atomic E-state index is -0.922. The summed E-state index contributed by atoms with van der Waals surface area (Å²) in [4.78, 5) is 18.4. The number of nitrogens with zero attached hydrogens (tertiary/aromatic N) is 4. The van der Waals surface area contributed by atoms with E-state index < -0.39 is 17.0 Å². The molecule has 0 saturated carbocycles. The molecule has 7 nitrogen and oxygen atoms in total. The molecule has 3 heterocycles. The number of benzene rings is 3. The van der Waals surface area contributed by atoms with Crippen LogP contribution in [0.15, 0.2) is 126 Å². The smallest absolute Gasteiger partial charge is 0.330 e. The van der Waals surface area contributed by atoms with Crippen LogP contribution in [0.2, 0.25) is 0 Å². The second kappa shape index (κ2) is 21.2. The van der Waals surface area contributed by atoms with Crippen LogP contribution in [-0.4, -0.2) is 31.8 Å². The Labute approximate surface area is 399 Å². The van der Waals surface area contributed by atoms with Gasteiger partial charge >= 0.3 is 5.97 Å². The van der Waals surface area contributed by atoms with Crippen molar-refractivity contribution in [2.45, 2.75) is 103 Å². The predicted molar refractivity (Wildman–Crippen MR) is 270 cm³/mol. The molecule has 2 aliphatic rings. The van der Waals surface area contributed by atoms with Gasteiger partial charge < -0.3 is 14.4 Å². The first-order valence-corrected chi connectivity index (χ1v) is 24.8. The molecular weight excluding hydrogens is 853 g/mol. The first-order chi connectivity index (χ1) is 32.0. The second-order valence-electron chi connectivity index (χ2n) is 17.6. The number of carbonyl (C=O) groups excluding carboxylic acids is 1. The number of likely N-dealkylation sites (N-methyl/N-ethyl adjacent to an activating group) is 1. The van der Waals surface area contributed by atoms with E-state index in [-0.39, 0.29) is 23.5 Å². The lowest BCUT2D eigenvalue weighted by atomic mass is 9.68. The fourth-order valence-electron chi connectivity index (χ4n) is 9.21. The summed E-state index contributed by atoms with van der Waals surface area (Å²) in [6.45, 7) is 12.5. The van der Waals surface area contributed by atoms with E-state index in [1.807, 2.05) is 56.5 Å². The summed E-state index contributed by atoms with van der Waals surface area (Å²) in [6.07, 6.45) is 17.0. The van der Waals surface area contributed by atoms with Gasteiger partial charge in [0.25, 0.3) is 0 Å². The van der Waals surface area contributed by atoms with Gasteiger partial charge in [0.1, 0.15) is 36.0 Å². The third-order valence-corrected chi connectivity index (χ3v) is 15.3. The Morgan fingerprint density at radius 1 is 0.773 bits per heavy atom. The van der Waals surface area contributed by atoms with Crippen molar-refractivity contribution >= 4 is 40.4 Å². The highest BCUT2D eigenvalue weighted by Gasteiger charge is 2.49. The molecule has 336 valence electrons. The monoisotopic (exact) mass is 910 g/mol. The Morgan fingerprint density at radius 3 is 1.89 bits per heavy atom. The van der Waals surface area contributed by atoms with Gasteiger partial charge in [-0.15, -0.1) is 22.7 Å². The first-order valence-electron chi connectivity index (χ1n) is 23.2. The summed E-state index contributed by atoms with van der Waals surface area (Å²) in [5.74, 6) is -0.391. The SMILES string of the molecule is C=CC(=O)OCCN(C)c1ccc(-c2cc3c(s2)-c2sc(/C=C/C4=C(C#N)C(=C(C#N)C#N)OC4(C)C)cc2C3(c2ccc(CCCCCC)cc2)c2ccc(CCCCCC)cc2)cc1. The zero-order chi connectivity index (χ0) is 46.8. The number of carbonyl (C=O) groups is 1. The van der Waals surface area contributed by atoms with Crippen LogP contribution in [-0.2, 0) is 32.5 Å². The molecule has 0 bridgehead atoms. The van der Waals surface area contributed by atoms with Crippen LogP contribution in [0, 0.1) is 34.0 Å². The van der Waals surface area contributed by atoms with Crippen LogP contribution < -0.4 is 4.90 Å². The van der Waals surface area contributed by atoms with E-state index >= 15 is 0 Å². The molecule has 9 heteroatoms. The average molecular weight is 911 g/mol. The minimum absolute atomic E-state index is 0.0342. The van der Waals surface area contributed by atoms with Gasteiger partial charge in [-0.3, -0.25) is 0 Å². The Hall–Kier alpha value is -6.44. The zero-order valence-corrected chi connectivity index (χ0v) is 40.5. The Kier molecular flexibility index (Phi) is 15.3. The quantitative estimate of drug-likeness (QED) is 0.0325. The highest BCUT2D eigenvalue weighted by Crippen LogP contribution is 2.62. The van der Waals surface area contributed by atoms with E-state index in [0.29, 0.717) is 12.1 Å². The van der Waals surface area contributed by atoms with Crippen molar-refractivity contribution in [3.8, 4) is 38.4 Å². The van der Waals surface area contributed by atoms with Gasteiger partial charge in [0.15, 0.2) is 11.3 Å². The Morgan fingerprint density at radius 2 is 1.35 bits per heavy atom. The maximum Gasteiger partial charge on any atom is 0.330 e. The molecule has 3 aromatic carbocycles. The second-order valence-corrected chi connectivity index (χ2v) is 19.8. The van der Waals surface area contributed by atoms with Gasteiger partial charge in [0.05, 0.1) is 21.7 Å². The van der Waals surface area contributed by atoms with E-state index in [4.69, 9.17) is 9.47 Å². The first kappa shape index (κ1) is 47.5. The molecule has 0 unspecified atom stereocenters. The van der Waals surface area contributed by atoms with Crippen LogP contribution in [0.1, 0.15) is 117 Å². The van der Waals surface area contributed by atoms with Crippen molar-refractivity contribution in [1.29, 1.82) is 15.8 Å². The lowest BCUT2D eigenvalue weighted by Crippen LogP contribution is -2.28. The molecule has 0 fully saturated rings. The molecule has 0 saturated heterocycles. The molecule has 1 aliphatic heterocycles. The summed E-state index contributed by atoms with van der Waals surface area (Å²) in [7, 11) is 1.99. The van der Waals surface area contributed by atoms with E-state index in [0.717, 1.165) is 29.0 Å². The fraction of sp³-hybridized carbons (Fsp3) is 0.333. The third kappa shape index (κ3) is 9.73. The molecular formula is C57H58N4O3S2. The molecule has 0 spiro atoms. The van der Waals surface area contributed by atoms with Crippen molar-refractivity contribution < 1.29 is 14.3 Å². The summed E-state index contributed by atoms with van der Waals surface area (Å²) in [6, 6.07) is 38.1. The number of rotatable bonds is 20. The van der Waals surface area contributed by atoms with Crippen molar-refractivity contribution in [3.63, 3.8) is 0 Å². The Balaban J connectivity index is 1.37. The minimum Gasteiger partial charge on any atom is -0.480 e. The van der Waals surface area contributed by atoms with Crippen LogP contribution in [0.25, 0.3) is 26.3 Å². The summed E-state index contributed by atoms with van der Waals surface area (Å²) in [5.41, 5.74) is 8.87. The predicted octanol–water partition coefficient (Wildman–Crippen LogP) is 14.2. The van der Waals surface area contributed by atoms with E-state index in [1.165, 1.54) is 105 Å². The van der Waals surface area contributed by atoms with Crippen molar-refractivity contribution in [2.24, 2.45) is 0 Å². The van der Waals surface area contributed by atoms with Gasteiger partial charge in [-0.05, 0) is 109 Å². The highest BCUT2D eigenvalue weighted by atomic mass is 32.1. The normalized spacial score (nSPS) is 14.2. The van der Waals surface area contributed by atoms with Gasteiger partial charge in [0.2, 0.25) is 0 Å². The largest absolute Gasteiger partial charge is 0.480 e. The van der Waals surface area contributed by atoms with Gasteiger partial charge in [-0.1, -0.05) is 126 Å². The van der Waals surface area contributed by atoms with E-state index in [9.17, 15) is 20.6 Å². The number of anilines is 1. The van der Waals surface area contributed by atoms with Crippen LogP contribution in [0.5, 0.6) is 0 Å². The molecule has 66 heavy (non-hydrogen) atoms. The molecule has 5 aromatic rings. The maximum absolute atomic E-state index is 11.6. The molecule has 0 radical (unpaired) electrons. The van der Waals surface area contributed by atoms with Crippen LogP contribution in [0.4, 0.5) is 5.69 Å². The molecule has 0 N–H and O–H groups in total. The lowest BCUT2D eigenvalue weighted by molar-refractivity contribution is -0.137. The summed E-state index contributed by atoms with van der Waals surface area (Å²) in [5, 5.41) is 29.6. The number of aryl methyl sites for hydroxylation is 2. The summed E-state index contributed by atoms with van der Waals surface area (Å²) < 4.78 is 11.3. The van der Waals surface area contributed by atoms with Gasteiger partial charge in [-0.2, -0.15) is 15.8 Å². The number of unbranched alkanes of at least 4 members (excludes halogenated alkanes) is 6. The fourth-order valence-corrected chi connectivity index (χ4v) is 11.7. The van der Waals surface area contributed by atoms with Crippen molar-refractivity contribution in [2.75, 3.05) is 25.1 Å². The Bertz CT molecular complexity index is 2710. The lowest BCUT2D eigenvalue weighted by Gasteiger charge is -2.33. The molecule has 2 aromatic heterocycles. The van der Waals surface area contributed by atoms with Crippen molar-refractivity contribution in [3.05, 3.63) is 164 Å². The van der Waals surface area contributed by atoms with Gasteiger partial charge in [-0.25, -0.2) is 4.79 Å². The number of hydrogen-bond donors (Lipinski definition) is 0. The van der Waals surface area contributed by atoms with E-state index in [1.54, 1.807) is 11.3 Å². The average Bonchev–Trinajstić information content (AvgIpc) is 4.08. The number of ether oxygens (including phenoxy) is 2. The van der Waals surface area contributed by atoms with Crippen LogP contribution >= 0.6 is 22.7 Å². The molecule has 7 rings (SSSR count). The standard InChI is InChI=1S/C57H58N4O3S2/c1-7-10-12-14-16-39-18-24-43(25-19-39)57(44-26-20-40(21-27-44)17-15-13-11-8-2)49-34-46(30-31-48-47(38-60)53(42(36-58)37-59)64-56(48,4)5)65-54(49)55-50(57)35-51(66-55)41-22-28-45(29-23-41)61(6)32-33-63-52(62)9-3/h9,18-31,34-35H,3,7-8,10-17,32-33H2,1-2,4-6H3/b31-30+. The molecule has 0 amide bonds. The van der Waals surface area contributed by atoms with Gasteiger partial charge in [0, 0.05) is 34.1 Å². The molecule has 1 aliphatic carbocycles.